The van der Waals surface area contributed by atoms with Gasteiger partial charge in [-0.1, -0.05) is 16.8 Å². The van der Waals surface area contributed by atoms with Crippen molar-refractivity contribution in [2.75, 3.05) is 17.2 Å². The molecule has 0 spiro atoms. The smallest absolute Gasteiger partial charge is 0.262 e. The fourth-order valence-corrected chi connectivity index (χ4v) is 2.52. The summed E-state index contributed by atoms with van der Waals surface area (Å²) in [6.45, 7) is 3.47. The third-order valence-electron chi connectivity index (χ3n) is 3.49. The minimum atomic E-state index is -0.249. The van der Waals surface area contributed by atoms with Gasteiger partial charge in [0, 0.05) is 11.6 Å². The Labute approximate surface area is 136 Å². The number of anilines is 2. The molecule has 0 saturated heterocycles. The molecule has 0 unspecified atom stereocenters. The van der Waals surface area contributed by atoms with Crippen molar-refractivity contribution in [2.45, 2.75) is 20.3 Å². The molecule has 1 aromatic carbocycles. The first-order valence-electron chi connectivity index (χ1n) is 6.92. The molecule has 2 heterocycles. The third-order valence-corrected chi connectivity index (χ3v) is 3.81. The summed E-state index contributed by atoms with van der Waals surface area (Å²) in [5.41, 5.74) is 2.33. The predicted molar refractivity (Wildman–Crippen MR) is 83.9 cm³/mol. The number of amides is 2. The number of carbonyl (C=O) groups excluding carboxylic acids is 2. The maximum Gasteiger partial charge on any atom is 0.262 e. The van der Waals surface area contributed by atoms with E-state index in [1.807, 2.05) is 0 Å². The first-order valence-corrected chi connectivity index (χ1v) is 7.29. The summed E-state index contributed by atoms with van der Waals surface area (Å²) in [7, 11) is 0. The van der Waals surface area contributed by atoms with E-state index in [2.05, 4.69) is 15.8 Å². The lowest BCUT2D eigenvalue weighted by Gasteiger charge is -2.19. The summed E-state index contributed by atoms with van der Waals surface area (Å²) >= 11 is 6.14. The van der Waals surface area contributed by atoms with Crippen molar-refractivity contribution in [1.29, 1.82) is 0 Å². The Kier molecular flexibility index (Phi) is 3.96. The second-order valence-electron chi connectivity index (χ2n) is 5.19. The molecule has 1 aliphatic heterocycles. The van der Waals surface area contributed by atoms with Crippen molar-refractivity contribution >= 4 is 34.8 Å². The molecular formula is C15H14ClN3O4. The normalized spacial score (nSPS) is 13.1. The van der Waals surface area contributed by atoms with E-state index in [4.69, 9.17) is 20.9 Å². The summed E-state index contributed by atoms with van der Waals surface area (Å²) in [6.07, 6.45) is 0.131. The number of hydrogen-bond donors (Lipinski definition) is 2. The molecule has 2 N–H and O–H groups in total. The van der Waals surface area contributed by atoms with E-state index in [0.29, 0.717) is 33.6 Å². The predicted octanol–water partition coefficient (Wildman–Crippen LogP) is 2.46. The number of carbonyl (C=O) groups is 2. The SMILES string of the molecule is Cc1noc(C)c1CC(=O)Nc1cc2c(cc1Cl)NC(=O)CO2. The number of ether oxygens (including phenoxy) is 1. The van der Waals surface area contributed by atoms with Crippen LogP contribution in [0.3, 0.4) is 0 Å². The quantitative estimate of drug-likeness (QED) is 0.898. The molecule has 8 heteroatoms. The molecule has 0 bridgehead atoms. The van der Waals surface area contributed by atoms with Crippen molar-refractivity contribution in [1.82, 2.24) is 5.16 Å². The van der Waals surface area contributed by atoms with Crippen LogP contribution in [0, 0.1) is 13.8 Å². The molecule has 3 rings (SSSR count). The van der Waals surface area contributed by atoms with Gasteiger partial charge in [0.25, 0.3) is 5.91 Å². The number of rotatable bonds is 3. The number of aryl methyl sites for hydroxylation is 2. The molecule has 120 valence electrons. The highest BCUT2D eigenvalue weighted by atomic mass is 35.5. The molecule has 1 aromatic heterocycles. The van der Waals surface area contributed by atoms with Gasteiger partial charge in [0.05, 0.1) is 28.5 Å². The summed E-state index contributed by atoms with van der Waals surface area (Å²) in [6, 6.07) is 3.13. The van der Waals surface area contributed by atoms with E-state index in [1.165, 1.54) is 0 Å². The Balaban J connectivity index is 1.78. The molecule has 0 aliphatic carbocycles. The van der Waals surface area contributed by atoms with Crippen LogP contribution in [0.25, 0.3) is 0 Å². The van der Waals surface area contributed by atoms with Gasteiger partial charge in [-0.3, -0.25) is 9.59 Å². The molecule has 2 aromatic rings. The Bertz CT molecular complexity index is 781. The van der Waals surface area contributed by atoms with Crippen LogP contribution in [0.1, 0.15) is 17.0 Å². The first-order chi connectivity index (χ1) is 10.9. The lowest BCUT2D eigenvalue weighted by molar-refractivity contribution is -0.118. The average molecular weight is 336 g/mol. The summed E-state index contributed by atoms with van der Waals surface area (Å²) in [5, 5.41) is 9.51. The van der Waals surface area contributed by atoms with Gasteiger partial charge >= 0.3 is 0 Å². The van der Waals surface area contributed by atoms with Gasteiger partial charge < -0.3 is 19.9 Å². The zero-order valence-corrected chi connectivity index (χ0v) is 13.3. The zero-order valence-electron chi connectivity index (χ0n) is 12.5. The second kappa shape index (κ2) is 5.92. The largest absolute Gasteiger partial charge is 0.482 e. The summed E-state index contributed by atoms with van der Waals surface area (Å²) < 4.78 is 10.3. The number of benzene rings is 1. The zero-order chi connectivity index (χ0) is 16.6. The maximum atomic E-state index is 12.2. The van der Waals surface area contributed by atoms with E-state index in [1.54, 1.807) is 26.0 Å². The van der Waals surface area contributed by atoms with Crippen molar-refractivity contribution in [3.8, 4) is 5.75 Å². The number of halogens is 1. The van der Waals surface area contributed by atoms with Crippen molar-refractivity contribution in [2.24, 2.45) is 0 Å². The highest BCUT2D eigenvalue weighted by molar-refractivity contribution is 6.34. The molecule has 0 fully saturated rings. The molecule has 0 saturated carbocycles. The van der Waals surface area contributed by atoms with Crippen LogP contribution in [0.15, 0.2) is 16.7 Å². The minimum absolute atomic E-state index is 0.0684. The van der Waals surface area contributed by atoms with Crippen LogP contribution in [0.5, 0.6) is 5.75 Å². The molecule has 1 aliphatic rings. The molecule has 7 nitrogen and oxygen atoms in total. The first kappa shape index (κ1) is 15.4. The number of hydrogen-bond acceptors (Lipinski definition) is 5. The van der Waals surface area contributed by atoms with Gasteiger partial charge in [-0.15, -0.1) is 0 Å². The number of aromatic nitrogens is 1. The molecular weight excluding hydrogens is 322 g/mol. The average Bonchev–Trinajstić information content (AvgIpc) is 2.80. The molecule has 2 amide bonds. The van der Waals surface area contributed by atoms with Gasteiger partial charge in [0.2, 0.25) is 5.91 Å². The fourth-order valence-electron chi connectivity index (χ4n) is 2.31. The van der Waals surface area contributed by atoms with E-state index >= 15 is 0 Å². The van der Waals surface area contributed by atoms with Gasteiger partial charge in [-0.2, -0.15) is 0 Å². The molecule has 0 atom stereocenters. The fraction of sp³-hybridized carbons (Fsp3) is 0.267. The van der Waals surface area contributed by atoms with Crippen LogP contribution < -0.4 is 15.4 Å². The monoisotopic (exact) mass is 335 g/mol. The Morgan fingerprint density at radius 3 is 2.91 bits per heavy atom. The second-order valence-corrected chi connectivity index (χ2v) is 5.60. The van der Waals surface area contributed by atoms with E-state index < -0.39 is 0 Å². The van der Waals surface area contributed by atoms with Gasteiger partial charge in [0.15, 0.2) is 6.61 Å². The standard InChI is InChI=1S/C15H14ClN3O4/c1-7-9(8(2)23-19-7)3-14(20)17-11-5-13-12(4-10(11)16)18-15(21)6-22-13/h4-5H,3,6H2,1-2H3,(H,17,20)(H,18,21). The number of fused-ring (bicyclic) bond motifs is 1. The highest BCUT2D eigenvalue weighted by Gasteiger charge is 2.20. The molecule has 23 heavy (non-hydrogen) atoms. The van der Waals surface area contributed by atoms with Crippen LogP contribution >= 0.6 is 11.6 Å². The van der Waals surface area contributed by atoms with Crippen molar-refractivity contribution in [3.63, 3.8) is 0 Å². The molecule has 0 radical (unpaired) electrons. The van der Waals surface area contributed by atoms with Crippen LogP contribution in [0.4, 0.5) is 11.4 Å². The maximum absolute atomic E-state index is 12.2. The van der Waals surface area contributed by atoms with E-state index in [0.717, 1.165) is 5.56 Å². The van der Waals surface area contributed by atoms with Crippen LogP contribution in [-0.4, -0.2) is 23.6 Å². The summed E-state index contributed by atoms with van der Waals surface area (Å²) in [4.78, 5) is 23.5. The lowest BCUT2D eigenvalue weighted by Crippen LogP contribution is -2.25. The van der Waals surface area contributed by atoms with Crippen LogP contribution in [0.2, 0.25) is 5.02 Å². The van der Waals surface area contributed by atoms with Gasteiger partial charge in [-0.25, -0.2) is 0 Å². The van der Waals surface area contributed by atoms with Crippen LogP contribution in [-0.2, 0) is 16.0 Å². The third kappa shape index (κ3) is 3.14. The topological polar surface area (TPSA) is 93.5 Å². The summed E-state index contributed by atoms with van der Waals surface area (Å²) in [5.74, 6) is 0.576. The Morgan fingerprint density at radius 1 is 1.43 bits per heavy atom. The van der Waals surface area contributed by atoms with E-state index in [-0.39, 0.29) is 24.8 Å². The Hall–Kier alpha value is -2.54. The minimum Gasteiger partial charge on any atom is -0.482 e. The van der Waals surface area contributed by atoms with Gasteiger partial charge in [-0.05, 0) is 19.9 Å². The van der Waals surface area contributed by atoms with Gasteiger partial charge in [0.1, 0.15) is 11.5 Å². The number of nitrogens with zero attached hydrogens (tertiary/aromatic N) is 1. The van der Waals surface area contributed by atoms with Crippen molar-refractivity contribution in [3.05, 3.63) is 34.2 Å². The van der Waals surface area contributed by atoms with E-state index in [9.17, 15) is 9.59 Å². The highest BCUT2D eigenvalue weighted by Crippen LogP contribution is 2.36. The van der Waals surface area contributed by atoms with Crippen molar-refractivity contribution < 1.29 is 18.8 Å². The Morgan fingerprint density at radius 2 is 2.22 bits per heavy atom. The lowest BCUT2D eigenvalue weighted by atomic mass is 10.1. The number of nitrogens with one attached hydrogen (secondary N) is 2.